The fraction of sp³-hybridized carbons (Fsp3) is 0.208. The molecule has 4 aromatic rings. The normalized spacial score (nSPS) is 14.5. The number of thiophene rings is 1. The number of hydrogen-bond donors (Lipinski definition) is 0. The summed E-state index contributed by atoms with van der Waals surface area (Å²) < 4.78 is 0. The summed E-state index contributed by atoms with van der Waals surface area (Å²) in [6.07, 6.45) is 10.8. The zero-order chi connectivity index (χ0) is 21.0. The zero-order valence-corrected chi connectivity index (χ0v) is 17.7. The van der Waals surface area contributed by atoms with Crippen LogP contribution in [0.15, 0.2) is 72.8 Å². The van der Waals surface area contributed by atoms with E-state index >= 15 is 0 Å². The van der Waals surface area contributed by atoms with E-state index in [2.05, 4.69) is 15.0 Å². The van der Waals surface area contributed by atoms with Crippen molar-refractivity contribution < 1.29 is 4.79 Å². The Balaban J connectivity index is 1.45. The lowest BCUT2D eigenvalue weighted by Gasteiger charge is -2.32. The molecule has 1 amide bonds. The van der Waals surface area contributed by atoms with E-state index < -0.39 is 0 Å². The number of pyridine rings is 2. The van der Waals surface area contributed by atoms with Crippen molar-refractivity contribution in [3.05, 3.63) is 83.3 Å². The second kappa shape index (κ2) is 8.73. The molecular weight excluding hydrogens is 406 g/mol. The Hall–Kier alpha value is -3.45. The minimum atomic E-state index is 0.128. The summed E-state index contributed by atoms with van der Waals surface area (Å²) in [4.78, 5) is 33.4. The first kappa shape index (κ1) is 19.5. The van der Waals surface area contributed by atoms with Crippen molar-refractivity contribution in [3.8, 4) is 22.5 Å². The van der Waals surface area contributed by atoms with Gasteiger partial charge in [0.05, 0.1) is 10.6 Å². The van der Waals surface area contributed by atoms with Gasteiger partial charge >= 0.3 is 0 Å². The maximum atomic E-state index is 12.7. The highest BCUT2D eigenvalue weighted by molar-refractivity contribution is 7.12. The third-order valence-corrected chi connectivity index (χ3v) is 6.51. The molecule has 5 heterocycles. The topological polar surface area (TPSA) is 71.9 Å². The molecule has 154 valence electrons. The van der Waals surface area contributed by atoms with Crippen LogP contribution in [0.1, 0.15) is 34.1 Å². The summed E-state index contributed by atoms with van der Waals surface area (Å²) in [5.41, 5.74) is 4.07. The van der Waals surface area contributed by atoms with Crippen LogP contribution in [0.4, 0.5) is 0 Å². The Labute approximate surface area is 184 Å². The summed E-state index contributed by atoms with van der Waals surface area (Å²) in [5, 5.41) is 1.95. The van der Waals surface area contributed by atoms with Crippen LogP contribution in [0, 0.1) is 0 Å². The molecule has 7 heteroatoms. The fourth-order valence-electron chi connectivity index (χ4n) is 4.01. The lowest BCUT2D eigenvalue weighted by molar-refractivity contribution is 0.0717. The molecule has 0 spiro atoms. The van der Waals surface area contributed by atoms with Crippen LogP contribution in [-0.2, 0) is 0 Å². The molecule has 0 aromatic carbocycles. The van der Waals surface area contributed by atoms with Crippen LogP contribution < -0.4 is 0 Å². The van der Waals surface area contributed by atoms with Gasteiger partial charge in [0.25, 0.3) is 5.91 Å². The number of piperidine rings is 1. The number of carbonyl (C=O) groups excluding carboxylic acids is 1. The minimum absolute atomic E-state index is 0.128. The Kier molecular flexibility index (Phi) is 5.50. The summed E-state index contributed by atoms with van der Waals surface area (Å²) >= 11 is 1.50. The van der Waals surface area contributed by atoms with Gasteiger partial charge in [-0.15, -0.1) is 11.3 Å². The average molecular weight is 428 g/mol. The third kappa shape index (κ3) is 4.09. The molecular formula is C24H21N5OS. The maximum Gasteiger partial charge on any atom is 0.263 e. The van der Waals surface area contributed by atoms with Gasteiger partial charge in [-0.2, -0.15) is 0 Å². The first-order valence-electron chi connectivity index (χ1n) is 10.3. The second-order valence-corrected chi connectivity index (χ2v) is 8.46. The lowest BCUT2D eigenvalue weighted by atomic mass is 9.89. The third-order valence-electron chi connectivity index (χ3n) is 5.65. The van der Waals surface area contributed by atoms with Gasteiger partial charge < -0.3 is 4.90 Å². The largest absolute Gasteiger partial charge is 0.338 e. The van der Waals surface area contributed by atoms with E-state index in [1.807, 2.05) is 52.9 Å². The molecule has 1 aliphatic rings. The SMILES string of the molecule is O=C(c1cccs1)N1CCC(c2nc(-c3ccncc3)ncc2-c2ccncc2)CC1. The van der Waals surface area contributed by atoms with Gasteiger partial charge in [0.2, 0.25) is 0 Å². The van der Waals surface area contributed by atoms with Crippen molar-refractivity contribution in [2.75, 3.05) is 13.1 Å². The van der Waals surface area contributed by atoms with Gasteiger partial charge in [0.15, 0.2) is 5.82 Å². The smallest absolute Gasteiger partial charge is 0.263 e. The molecule has 0 N–H and O–H groups in total. The first-order valence-corrected chi connectivity index (χ1v) is 11.2. The summed E-state index contributed by atoms with van der Waals surface area (Å²) in [5.74, 6) is 1.09. The molecule has 0 bridgehead atoms. The predicted molar refractivity (Wildman–Crippen MR) is 121 cm³/mol. The Morgan fingerprint density at radius 3 is 2.26 bits per heavy atom. The molecule has 0 aliphatic carbocycles. The van der Waals surface area contributed by atoms with E-state index in [4.69, 9.17) is 4.98 Å². The van der Waals surface area contributed by atoms with E-state index in [-0.39, 0.29) is 11.8 Å². The fourth-order valence-corrected chi connectivity index (χ4v) is 4.70. The van der Waals surface area contributed by atoms with Crippen LogP contribution in [0.3, 0.4) is 0 Å². The molecule has 6 nitrogen and oxygen atoms in total. The Morgan fingerprint density at radius 2 is 1.61 bits per heavy atom. The number of hydrogen-bond acceptors (Lipinski definition) is 6. The van der Waals surface area contributed by atoms with E-state index in [9.17, 15) is 4.79 Å². The Morgan fingerprint density at radius 1 is 0.935 bits per heavy atom. The minimum Gasteiger partial charge on any atom is -0.338 e. The number of nitrogens with zero attached hydrogens (tertiary/aromatic N) is 5. The van der Waals surface area contributed by atoms with Gasteiger partial charge in [0.1, 0.15) is 0 Å². The number of rotatable bonds is 4. The first-order chi connectivity index (χ1) is 15.3. The van der Waals surface area contributed by atoms with Gasteiger partial charge in [-0.1, -0.05) is 6.07 Å². The lowest BCUT2D eigenvalue weighted by Crippen LogP contribution is -2.37. The van der Waals surface area contributed by atoms with Gasteiger partial charge in [-0.25, -0.2) is 9.97 Å². The summed E-state index contributed by atoms with van der Waals surface area (Å²) in [6, 6.07) is 11.6. The number of carbonyl (C=O) groups is 1. The van der Waals surface area contributed by atoms with Crippen molar-refractivity contribution >= 4 is 17.2 Å². The van der Waals surface area contributed by atoms with Crippen molar-refractivity contribution in [1.29, 1.82) is 0 Å². The van der Waals surface area contributed by atoms with Crippen LogP contribution in [0.2, 0.25) is 0 Å². The van der Waals surface area contributed by atoms with E-state index in [0.717, 1.165) is 53.2 Å². The molecule has 0 saturated carbocycles. The van der Waals surface area contributed by atoms with E-state index in [1.54, 1.807) is 24.8 Å². The monoisotopic (exact) mass is 427 g/mol. The summed E-state index contributed by atoms with van der Waals surface area (Å²) in [6.45, 7) is 1.46. The van der Waals surface area contributed by atoms with Crippen molar-refractivity contribution in [3.63, 3.8) is 0 Å². The standard InChI is InChI=1S/C24H21N5OS/c30-24(21-2-1-15-31-21)29-13-7-18(8-14-29)22-20(17-3-9-25-10-4-17)16-27-23(28-22)19-5-11-26-12-6-19/h1-6,9-12,15-16,18H,7-8,13-14H2. The highest BCUT2D eigenvalue weighted by atomic mass is 32.1. The van der Waals surface area contributed by atoms with Crippen LogP contribution in [0.5, 0.6) is 0 Å². The summed E-state index contributed by atoms with van der Waals surface area (Å²) in [7, 11) is 0. The Bertz CT molecular complexity index is 1160. The van der Waals surface area contributed by atoms with Gasteiger partial charge in [-0.05, 0) is 54.1 Å². The molecule has 0 unspecified atom stereocenters. The van der Waals surface area contributed by atoms with E-state index in [0.29, 0.717) is 5.82 Å². The van der Waals surface area contributed by atoms with Crippen molar-refractivity contribution in [1.82, 2.24) is 24.8 Å². The second-order valence-electron chi connectivity index (χ2n) is 7.51. The molecule has 1 saturated heterocycles. The number of aromatic nitrogens is 4. The van der Waals surface area contributed by atoms with Crippen LogP contribution in [-0.4, -0.2) is 43.8 Å². The predicted octanol–water partition coefficient (Wildman–Crippen LogP) is 4.68. The zero-order valence-electron chi connectivity index (χ0n) is 16.9. The molecule has 1 fully saturated rings. The quantitative estimate of drug-likeness (QED) is 0.473. The molecule has 5 rings (SSSR count). The van der Waals surface area contributed by atoms with Crippen LogP contribution >= 0.6 is 11.3 Å². The average Bonchev–Trinajstić information content (AvgIpc) is 3.40. The molecule has 4 aromatic heterocycles. The molecule has 0 radical (unpaired) electrons. The maximum absolute atomic E-state index is 12.7. The van der Waals surface area contributed by atoms with Gasteiger partial charge in [0, 0.05) is 61.1 Å². The highest BCUT2D eigenvalue weighted by Gasteiger charge is 2.28. The van der Waals surface area contributed by atoms with E-state index in [1.165, 1.54) is 11.3 Å². The molecule has 0 atom stereocenters. The number of likely N-dealkylation sites (tertiary alicyclic amines) is 1. The molecule has 31 heavy (non-hydrogen) atoms. The van der Waals surface area contributed by atoms with Crippen LogP contribution in [0.25, 0.3) is 22.5 Å². The van der Waals surface area contributed by atoms with Gasteiger partial charge in [-0.3, -0.25) is 14.8 Å². The highest BCUT2D eigenvalue weighted by Crippen LogP contribution is 2.35. The molecule has 1 aliphatic heterocycles. The van der Waals surface area contributed by atoms with Crippen molar-refractivity contribution in [2.24, 2.45) is 0 Å². The number of amides is 1. The van der Waals surface area contributed by atoms with Crippen molar-refractivity contribution in [2.45, 2.75) is 18.8 Å².